The number of hydrogen-bond donors (Lipinski definition) is 1. The standard InChI is InChI=1S/C14H22N2O2/c1-11(9-12-3-4-12)15-13-5-6-14(17)16(10-13)7-8-18-2/h5-6,10-12,15H,3-4,7-9H2,1-2H3. The van der Waals surface area contributed by atoms with Gasteiger partial charge in [0.1, 0.15) is 0 Å². The molecule has 1 aliphatic carbocycles. The Morgan fingerprint density at radius 2 is 2.28 bits per heavy atom. The quantitative estimate of drug-likeness (QED) is 0.806. The average molecular weight is 250 g/mol. The molecule has 4 nitrogen and oxygen atoms in total. The Morgan fingerprint density at radius 3 is 2.94 bits per heavy atom. The van der Waals surface area contributed by atoms with E-state index in [-0.39, 0.29) is 5.56 Å². The van der Waals surface area contributed by atoms with Gasteiger partial charge in [0.05, 0.1) is 12.3 Å². The third-order valence-corrected chi connectivity index (χ3v) is 3.32. The van der Waals surface area contributed by atoms with Crippen molar-refractivity contribution in [3.05, 3.63) is 28.7 Å². The molecule has 0 radical (unpaired) electrons. The first-order chi connectivity index (χ1) is 8.69. The van der Waals surface area contributed by atoms with Crippen LogP contribution in [-0.2, 0) is 11.3 Å². The molecule has 1 N–H and O–H groups in total. The minimum Gasteiger partial charge on any atom is -0.383 e. The van der Waals surface area contributed by atoms with Crippen molar-refractivity contribution in [2.75, 3.05) is 19.0 Å². The number of rotatable bonds is 7. The first kappa shape index (κ1) is 13.1. The number of methoxy groups -OCH3 is 1. The highest BCUT2D eigenvalue weighted by molar-refractivity contribution is 5.41. The van der Waals surface area contributed by atoms with E-state index in [4.69, 9.17) is 4.74 Å². The molecule has 18 heavy (non-hydrogen) atoms. The molecular formula is C14H22N2O2. The van der Waals surface area contributed by atoms with Crippen LogP contribution in [0.1, 0.15) is 26.2 Å². The van der Waals surface area contributed by atoms with Crippen LogP contribution in [0.5, 0.6) is 0 Å². The van der Waals surface area contributed by atoms with Crippen molar-refractivity contribution in [3.63, 3.8) is 0 Å². The second-order valence-electron chi connectivity index (χ2n) is 5.17. The monoisotopic (exact) mass is 250 g/mol. The fraction of sp³-hybridized carbons (Fsp3) is 0.643. The minimum absolute atomic E-state index is 0.0208. The highest BCUT2D eigenvalue weighted by Gasteiger charge is 2.23. The summed E-state index contributed by atoms with van der Waals surface area (Å²) < 4.78 is 6.69. The molecule has 1 saturated carbocycles. The summed E-state index contributed by atoms with van der Waals surface area (Å²) in [7, 11) is 1.64. The van der Waals surface area contributed by atoms with E-state index < -0.39 is 0 Å². The summed E-state index contributed by atoms with van der Waals surface area (Å²) in [4.78, 5) is 11.6. The molecular weight excluding hydrogens is 228 g/mol. The smallest absolute Gasteiger partial charge is 0.250 e. The fourth-order valence-corrected chi connectivity index (χ4v) is 2.18. The lowest BCUT2D eigenvalue weighted by atomic mass is 10.1. The summed E-state index contributed by atoms with van der Waals surface area (Å²) in [5.41, 5.74) is 1.03. The van der Waals surface area contributed by atoms with Gasteiger partial charge >= 0.3 is 0 Å². The van der Waals surface area contributed by atoms with Gasteiger partial charge in [-0.05, 0) is 25.3 Å². The molecule has 4 heteroatoms. The average Bonchev–Trinajstić information content (AvgIpc) is 3.13. The fourth-order valence-electron chi connectivity index (χ4n) is 2.18. The summed E-state index contributed by atoms with van der Waals surface area (Å²) in [6, 6.07) is 3.93. The van der Waals surface area contributed by atoms with Gasteiger partial charge in [-0.2, -0.15) is 0 Å². The molecule has 1 aromatic heterocycles. The van der Waals surface area contributed by atoms with Crippen molar-refractivity contribution in [2.24, 2.45) is 5.92 Å². The van der Waals surface area contributed by atoms with E-state index in [0.717, 1.165) is 11.6 Å². The van der Waals surface area contributed by atoms with Crippen LogP contribution in [0.25, 0.3) is 0 Å². The van der Waals surface area contributed by atoms with E-state index in [1.807, 2.05) is 12.3 Å². The maximum atomic E-state index is 11.6. The minimum atomic E-state index is 0.0208. The van der Waals surface area contributed by atoms with Gasteiger partial charge in [-0.25, -0.2) is 0 Å². The number of hydrogen-bond acceptors (Lipinski definition) is 3. The maximum absolute atomic E-state index is 11.6. The lowest BCUT2D eigenvalue weighted by Gasteiger charge is -2.16. The van der Waals surface area contributed by atoms with Crippen molar-refractivity contribution < 1.29 is 4.74 Å². The van der Waals surface area contributed by atoms with Crippen molar-refractivity contribution in [3.8, 4) is 0 Å². The molecule has 1 heterocycles. The van der Waals surface area contributed by atoms with Crippen LogP contribution in [0.2, 0.25) is 0 Å². The van der Waals surface area contributed by atoms with Crippen LogP contribution >= 0.6 is 0 Å². The Morgan fingerprint density at radius 1 is 1.50 bits per heavy atom. The molecule has 1 unspecified atom stereocenters. The van der Waals surface area contributed by atoms with Crippen LogP contribution in [0.3, 0.4) is 0 Å². The summed E-state index contributed by atoms with van der Waals surface area (Å²) in [5.74, 6) is 0.909. The van der Waals surface area contributed by atoms with Gasteiger partial charge in [-0.15, -0.1) is 0 Å². The molecule has 1 fully saturated rings. The van der Waals surface area contributed by atoms with Crippen molar-refractivity contribution in [2.45, 2.75) is 38.8 Å². The summed E-state index contributed by atoms with van der Waals surface area (Å²) in [5, 5.41) is 3.46. The second kappa shape index (κ2) is 6.05. The first-order valence-corrected chi connectivity index (χ1v) is 6.65. The summed E-state index contributed by atoms with van der Waals surface area (Å²) >= 11 is 0. The van der Waals surface area contributed by atoms with Gasteiger partial charge in [-0.3, -0.25) is 4.79 Å². The Labute approximate surface area is 108 Å². The van der Waals surface area contributed by atoms with E-state index in [2.05, 4.69) is 12.2 Å². The summed E-state index contributed by atoms with van der Waals surface area (Å²) in [6.45, 7) is 3.35. The molecule has 0 aliphatic heterocycles. The normalized spacial score (nSPS) is 16.6. The molecule has 1 aromatic rings. The molecule has 100 valence electrons. The van der Waals surface area contributed by atoms with Crippen LogP contribution < -0.4 is 10.9 Å². The maximum Gasteiger partial charge on any atom is 0.250 e. The molecule has 0 saturated heterocycles. The topological polar surface area (TPSA) is 43.3 Å². The van der Waals surface area contributed by atoms with Gasteiger partial charge in [0.2, 0.25) is 0 Å². The lowest BCUT2D eigenvalue weighted by molar-refractivity contribution is 0.186. The predicted molar refractivity (Wildman–Crippen MR) is 73.0 cm³/mol. The number of nitrogens with one attached hydrogen (secondary N) is 1. The van der Waals surface area contributed by atoms with Gasteiger partial charge in [0, 0.05) is 32.0 Å². The summed E-state index contributed by atoms with van der Waals surface area (Å²) in [6.07, 6.45) is 5.85. The molecule has 1 aliphatic rings. The Hall–Kier alpha value is -1.29. The van der Waals surface area contributed by atoms with E-state index in [1.165, 1.54) is 19.3 Å². The van der Waals surface area contributed by atoms with Gasteiger partial charge < -0.3 is 14.6 Å². The van der Waals surface area contributed by atoms with E-state index >= 15 is 0 Å². The molecule has 0 bridgehead atoms. The molecule has 1 atom stereocenters. The van der Waals surface area contributed by atoms with Crippen LogP contribution in [0.4, 0.5) is 5.69 Å². The van der Waals surface area contributed by atoms with Crippen LogP contribution in [0, 0.1) is 5.92 Å². The van der Waals surface area contributed by atoms with Gasteiger partial charge in [0.15, 0.2) is 0 Å². The molecule has 2 rings (SSSR count). The highest BCUT2D eigenvalue weighted by Crippen LogP contribution is 2.33. The molecule has 0 amide bonds. The second-order valence-corrected chi connectivity index (χ2v) is 5.17. The zero-order chi connectivity index (χ0) is 13.0. The first-order valence-electron chi connectivity index (χ1n) is 6.65. The van der Waals surface area contributed by atoms with Crippen LogP contribution in [-0.4, -0.2) is 24.3 Å². The van der Waals surface area contributed by atoms with Crippen molar-refractivity contribution in [1.82, 2.24) is 4.57 Å². The number of pyridine rings is 1. The van der Waals surface area contributed by atoms with Crippen molar-refractivity contribution >= 4 is 5.69 Å². The molecule has 0 spiro atoms. The Kier molecular flexibility index (Phi) is 4.42. The largest absolute Gasteiger partial charge is 0.383 e. The zero-order valence-electron chi connectivity index (χ0n) is 11.2. The number of ether oxygens (including phenoxy) is 1. The lowest BCUT2D eigenvalue weighted by Crippen LogP contribution is -2.23. The molecule has 0 aromatic carbocycles. The van der Waals surface area contributed by atoms with Gasteiger partial charge in [0.25, 0.3) is 5.56 Å². The van der Waals surface area contributed by atoms with Crippen LogP contribution in [0.15, 0.2) is 23.1 Å². The number of anilines is 1. The van der Waals surface area contributed by atoms with Gasteiger partial charge in [-0.1, -0.05) is 12.8 Å². The predicted octanol–water partition coefficient (Wildman–Crippen LogP) is 2.10. The highest BCUT2D eigenvalue weighted by atomic mass is 16.5. The Balaban J connectivity index is 1.96. The number of aromatic nitrogens is 1. The van der Waals surface area contributed by atoms with E-state index in [1.54, 1.807) is 17.7 Å². The number of nitrogens with zero attached hydrogens (tertiary/aromatic N) is 1. The van der Waals surface area contributed by atoms with E-state index in [0.29, 0.717) is 19.2 Å². The van der Waals surface area contributed by atoms with E-state index in [9.17, 15) is 4.79 Å². The Bertz CT molecular complexity index is 438. The zero-order valence-corrected chi connectivity index (χ0v) is 11.2. The van der Waals surface area contributed by atoms with Crippen molar-refractivity contribution in [1.29, 1.82) is 0 Å². The SMILES string of the molecule is COCCn1cc(NC(C)CC2CC2)ccc1=O. The third-order valence-electron chi connectivity index (χ3n) is 3.32. The third kappa shape index (κ3) is 3.88.